The van der Waals surface area contributed by atoms with E-state index in [1.807, 2.05) is 36.9 Å². The van der Waals surface area contributed by atoms with Crippen LogP contribution in [0.1, 0.15) is 46.5 Å². The van der Waals surface area contributed by atoms with Crippen molar-refractivity contribution in [2.45, 2.75) is 41.2 Å². The van der Waals surface area contributed by atoms with Crippen molar-refractivity contribution < 1.29 is 19.1 Å². The van der Waals surface area contributed by atoms with Crippen LogP contribution in [0.4, 0.5) is 0 Å². The van der Waals surface area contributed by atoms with E-state index >= 15 is 0 Å². The molecule has 0 aliphatic carbocycles. The molecule has 4 rings (SSSR count). The highest BCUT2D eigenvalue weighted by molar-refractivity contribution is 6.20. The number of hydrogen-bond acceptors (Lipinski definition) is 5. The van der Waals surface area contributed by atoms with Gasteiger partial charge >= 0.3 is 0 Å². The molecule has 2 heterocycles. The molecule has 0 saturated heterocycles. The van der Waals surface area contributed by atoms with Gasteiger partial charge in [-0.1, -0.05) is 19.9 Å². The maximum atomic E-state index is 13.8. The van der Waals surface area contributed by atoms with Crippen molar-refractivity contribution in [3.8, 4) is 22.8 Å². The predicted molar refractivity (Wildman–Crippen MR) is 125 cm³/mol. The number of ether oxygens (including phenoxy) is 1. The Balaban J connectivity index is 1.94. The Hall–Kier alpha value is -3.54. The number of ketones is 1. The van der Waals surface area contributed by atoms with Crippen molar-refractivity contribution in [3.05, 3.63) is 64.5 Å². The van der Waals surface area contributed by atoms with Crippen molar-refractivity contribution in [2.24, 2.45) is 5.92 Å². The number of carbonyl (C=O) groups excluding carboxylic acids is 1. The molecular weight excluding hydrogens is 404 g/mol. The van der Waals surface area contributed by atoms with E-state index < -0.39 is 0 Å². The fraction of sp³-hybridized carbons (Fsp3) is 0.308. The minimum Gasteiger partial charge on any atom is -0.504 e. The van der Waals surface area contributed by atoms with Gasteiger partial charge in [0.1, 0.15) is 11.5 Å². The van der Waals surface area contributed by atoms with Gasteiger partial charge in [-0.2, -0.15) is 5.10 Å². The van der Waals surface area contributed by atoms with E-state index in [1.54, 1.807) is 32.4 Å². The highest BCUT2D eigenvalue weighted by atomic mass is 16.5. The summed E-state index contributed by atoms with van der Waals surface area (Å²) in [5.74, 6) is 1.33. The zero-order valence-corrected chi connectivity index (χ0v) is 19.3. The van der Waals surface area contributed by atoms with E-state index in [4.69, 9.17) is 9.15 Å². The molecule has 166 valence electrons. The third-order valence-corrected chi connectivity index (χ3v) is 5.81. The van der Waals surface area contributed by atoms with Gasteiger partial charge in [-0.15, -0.1) is 0 Å². The first kappa shape index (κ1) is 21.7. The van der Waals surface area contributed by atoms with Crippen LogP contribution in [0.3, 0.4) is 0 Å². The SMILES string of the molecule is COc1cc(C(=O)c2c(-c3cnn(CC(C)C)c3)oc3c(O)c(C)ccc23)cc(C)c1C. The van der Waals surface area contributed by atoms with Gasteiger partial charge in [0, 0.05) is 23.7 Å². The molecule has 6 heteroatoms. The number of rotatable bonds is 6. The summed E-state index contributed by atoms with van der Waals surface area (Å²) in [6.07, 6.45) is 3.57. The largest absolute Gasteiger partial charge is 0.504 e. The van der Waals surface area contributed by atoms with Gasteiger partial charge in [-0.3, -0.25) is 9.48 Å². The number of furan rings is 1. The van der Waals surface area contributed by atoms with E-state index in [0.717, 1.165) is 17.7 Å². The number of aryl methyl sites for hydroxylation is 2. The topological polar surface area (TPSA) is 77.5 Å². The molecule has 1 N–H and O–H groups in total. The smallest absolute Gasteiger partial charge is 0.197 e. The lowest BCUT2D eigenvalue weighted by atomic mass is 9.95. The summed E-state index contributed by atoms with van der Waals surface area (Å²) >= 11 is 0. The van der Waals surface area contributed by atoms with Crippen LogP contribution in [-0.2, 0) is 6.54 Å². The van der Waals surface area contributed by atoms with E-state index in [-0.39, 0.29) is 11.5 Å². The van der Waals surface area contributed by atoms with Gasteiger partial charge in [-0.25, -0.2) is 0 Å². The molecule has 2 aromatic heterocycles. The Bertz CT molecular complexity index is 1330. The van der Waals surface area contributed by atoms with Gasteiger partial charge in [-0.05, 0) is 61.6 Å². The van der Waals surface area contributed by atoms with Crippen LogP contribution in [0.5, 0.6) is 11.5 Å². The average molecular weight is 433 g/mol. The van der Waals surface area contributed by atoms with Gasteiger partial charge < -0.3 is 14.3 Å². The summed E-state index contributed by atoms with van der Waals surface area (Å²) in [7, 11) is 1.60. The Morgan fingerprint density at radius 1 is 1.19 bits per heavy atom. The van der Waals surface area contributed by atoms with Gasteiger partial charge in [0.05, 0.1) is 24.4 Å². The first-order valence-electron chi connectivity index (χ1n) is 10.7. The zero-order valence-electron chi connectivity index (χ0n) is 19.3. The van der Waals surface area contributed by atoms with E-state index in [1.165, 1.54) is 0 Å². The first-order chi connectivity index (χ1) is 15.2. The molecule has 0 atom stereocenters. The predicted octanol–water partition coefficient (Wildman–Crippen LogP) is 5.82. The number of phenolic OH excluding ortho intramolecular Hbond substituents is 1. The molecule has 0 aliphatic rings. The molecule has 0 aliphatic heterocycles. The van der Waals surface area contributed by atoms with E-state index in [2.05, 4.69) is 18.9 Å². The fourth-order valence-electron chi connectivity index (χ4n) is 3.94. The molecule has 0 bridgehead atoms. The zero-order chi connectivity index (χ0) is 23.2. The number of carbonyl (C=O) groups is 1. The maximum Gasteiger partial charge on any atom is 0.197 e. The highest BCUT2D eigenvalue weighted by Gasteiger charge is 2.27. The monoisotopic (exact) mass is 432 g/mol. The highest BCUT2D eigenvalue weighted by Crippen LogP contribution is 2.40. The number of aromatic nitrogens is 2. The summed E-state index contributed by atoms with van der Waals surface area (Å²) < 4.78 is 13.4. The normalized spacial score (nSPS) is 11.5. The lowest BCUT2D eigenvalue weighted by molar-refractivity contribution is 0.104. The summed E-state index contributed by atoms with van der Waals surface area (Å²) in [6, 6.07) is 7.22. The quantitative estimate of drug-likeness (QED) is 0.388. The van der Waals surface area contributed by atoms with Crippen LogP contribution in [-0.4, -0.2) is 27.8 Å². The number of benzene rings is 2. The van der Waals surface area contributed by atoms with Crippen LogP contribution in [0, 0.1) is 26.7 Å². The van der Waals surface area contributed by atoms with Crippen LogP contribution in [0.25, 0.3) is 22.3 Å². The van der Waals surface area contributed by atoms with Crippen LogP contribution in [0.15, 0.2) is 41.1 Å². The molecule has 2 aromatic carbocycles. The molecule has 6 nitrogen and oxygen atoms in total. The number of fused-ring (bicyclic) bond motifs is 1. The maximum absolute atomic E-state index is 13.8. The van der Waals surface area contributed by atoms with Crippen molar-refractivity contribution in [1.82, 2.24) is 9.78 Å². The Labute approximate surface area is 187 Å². The molecular formula is C26H28N2O4. The summed E-state index contributed by atoms with van der Waals surface area (Å²) in [6.45, 7) is 10.7. The molecule has 0 radical (unpaired) electrons. The standard InChI is InChI=1S/C26H28N2O4/c1-14(2)12-28-13-19(11-27-28)25-22(20-8-7-15(3)23(29)26(20)32-25)24(30)18-9-16(4)17(5)21(10-18)31-6/h7-11,13-14,29H,12H2,1-6H3. The number of phenols is 1. The van der Waals surface area contributed by atoms with E-state index in [0.29, 0.717) is 50.7 Å². The second-order valence-electron chi connectivity index (χ2n) is 8.71. The summed E-state index contributed by atoms with van der Waals surface area (Å²) in [5, 5.41) is 15.6. The molecule has 0 unspecified atom stereocenters. The third-order valence-electron chi connectivity index (χ3n) is 5.81. The third kappa shape index (κ3) is 3.66. The molecule has 0 amide bonds. The van der Waals surface area contributed by atoms with Gasteiger partial charge in [0.15, 0.2) is 17.1 Å². The number of methoxy groups -OCH3 is 1. The average Bonchev–Trinajstić information content (AvgIpc) is 3.36. The van der Waals surface area contributed by atoms with Crippen molar-refractivity contribution >= 4 is 16.8 Å². The summed E-state index contributed by atoms with van der Waals surface area (Å²) in [4.78, 5) is 13.8. The second kappa shape index (κ2) is 8.19. The number of hydrogen-bond donors (Lipinski definition) is 1. The van der Waals surface area contributed by atoms with Gasteiger partial charge in [0.25, 0.3) is 0 Å². The lowest BCUT2D eigenvalue weighted by Crippen LogP contribution is -2.05. The minimum absolute atomic E-state index is 0.0371. The number of nitrogens with zero attached hydrogens (tertiary/aromatic N) is 2. The van der Waals surface area contributed by atoms with Crippen molar-refractivity contribution in [2.75, 3.05) is 7.11 Å². The first-order valence-corrected chi connectivity index (χ1v) is 10.7. The van der Waals surface area contributed by atoms with Crippen molar-refractivity contribution in [3.63, 3.8) is 0 Å². The number of aromatic hydroxyl groups is 1. The lowest BCUT2D eigenvalue weighted by Gasteiger charge is -2.11. The Morgan fingerprint density at radius 3 is 2.62 bits per heavy atom. The molecule has 0 fully saturated rings. The Kier molecular flexibility index (Phi) is 5.55. The van der Waals surface area contributed by atoms with E-state index in [9.17, 15) is 9.90 Å². The van der Waals surface area contributed by atoms with Crippen LogP contribution < -0.4 is 4.74 Å². The van der Waals surface area contributed by atoms with Crippen LogP contribution >= 0.6 is 0 Å². The Morgan fingerprint density at radius 2 is 1.94 bits per heavy atom. The molecule has 0 saturated carbocycles. The molecule has 4 aromatic rings. The van der Waals surface area contributed by atoms with Crippen LogP contribution in [0.2, 0.25) is 0 Å². The van der Waals surface area contributed by atoms with Crippen molar-refractivity contribution in [1.29, 1.82) is 0 Å². The molecule has 32 heavy (non-hydrogen) atoms. The van der Waals surface area contributed by atoms with Gasteiger partial charge in [0.2, 0.25) is 0 Å². The molecule has 0 spiro atoms. The fourth-order valence-corrected chi connectivity index (χ4v) is 3.94. The summed E-state index contributed by atoms with van der Waals surface area (Å²) in [5.41, 5.74) is 4.54. The second-order valence-corrected chi connectivity index (χ2v) is 8.71. The minimum atomic E-state index is -0.194.